The lowest BCUT2D eigenvalue weighted by atomic mass is 10.2. The first-order valence-corrected chi connectivity index (χ1v) is 10.7. The number of aromatic nitrogens is 1. The summed E-state index contributed by atoms with van der Waals surface area (Å²) in [5, 5.41) is 5.30. The van der Waals surface area contributed by atoms with Crippen molar-refractivity contribution in [2.75, 3.05) is 11.9 Å². The standard InChI is InChI=1S/C19H14Cl2N2O3S2/c20-12-5-6-15(21)16(7-12)23-18(24)8-26-19(25)14-3-1-2-4-17(14)28-10-13-9-27-11-22-13/h1-7,9,11H,8,10H2,(H,23,24). The summed E-state index contributed by atoms with van der Waals surface area (Å²) in [4.78, 5) is 29.5. The average Bonchev–Trinajstić information content (AvgIpc) is 3.21. The Morgan fingerprint density at radius 3 is 2.79 bits per heavy atom. The van der Waals surface area contributed by atoms with Gasteiger partial charge in [0.2, 0.25) is 0 Å². The van der Waals surface area contributed by atoms with Crippen LogP contribution >= 0.6 is 46.3 Å². The summed E-state index contributed by atoms with van der Waals surface area (Å²) < 4.78 is 5.16. The lowest BCUT2D eigenvalue weighted by Crippen LogP contribution is -2.21. The third kappa shape index (κ3) is 5.72. The van der Waals surface area contributed by atoms with E-state index in [0.29, 0.717) is 27.0 Å². The first-order valence-electron chi connectivity index (χ1n) is 8.04. The SMILES string of the molecule is O=C(COC(=O)c1ccccc1SCc1cscn1)Nc1cc(Cl)ccc1Cl. The van der Waals surface area contributed by atoms with Crippen LogP contribution in [0.1, 0.15) is 16.1 Å². The van der Waals surface area contributed by atoms with Crippen LogP contribution in [0.25, 0.3) is 0 Å². The molecule has 0 bridgehead atoms. The molecule has 28 heavy (non-hydrogen) atoms. The number of carbonyl (C=O) groups excluding carboxylic acids is 2. The highest BCUT2D eigenvalue weighted by Gasteiger charge is 2.15. The number of amides is 1. The number of hydrogen-bond donors (Lipinski definition) is 1. The molecule has 0 aliphatic heterocycles. The summed E-state index contributed by atoms with van der Waals surface area (Å²) in [5.41, 5.74) is 3.46. The monoisotopic (exact) mass is 452 g/mol. The zero-order valence-electron chi connectivity index (χ0n) is 14.4. The highest BCUT2D eigenvalue weighted by molar-refractivity contribution is 7.98. The minimum atomic E-state index is -0.575. The molecule has 0 saturated carbocycles. The molecule has 0 atom stereocenters. The summed E-state index contributed by atoms with van der Waals surface area (Å²) in [7, 11) is 0. The lowest BCUT2D eigenvalue weighted by Gasteiger charge is -2.10. The number of ether oxygens (including phenoxy) is 1. The van der Waals surface area contributed by atoms with E-state index in [1.165, 1.54) is 29.2 Å². The van der Waals surface area contributed by atoms with E-state index in [1.54, 1.807) is 29.8 Å². The number of nitrogens with one attached hydrogen (secondary N) is 1. The molecule has 0 saturated heterocycles. The average molecular weight is 453 g/mol. The van der Waals surface area contributed by atoms with E-state index < -0.39 is 18.5 Å². The second-order valence-corrected chi connectivity index (χ2v) is 8.09. The summed E-state index contributed by atoms with van der Waals surface area (Å²) >= 11 is 14.9. The Morgan fingerprint density at radius 2 is 2.00 bits per heavy atom. The first kappa shape index (κ1) is 20.7. The molecule has 2 aromatic carbocycles. The van der Waals surface area contributed by atoms with Crippen molar-refractivity contribution in [2.24, 2.45) is 0 Å². The molecule has 0 radical (unpaired) electrons. The first-order chi connectivity index (χ1) is 13.5. The Bertz CT molecular complexity index is 981. The van der Waals surface area contributed by atoms with Gasteiger partial charge in [0.15, 0.2) is 6.61 Å². The number of anilines is 1. The minimum absolute atomic E-state index is 0.341. The van der Waals surface area contributed by atoms with Gasteiger partial charge >= 0.3 is 5.97 Å². The molecule has 144 valence electrons. The number of nitrogens with zero attached hydrogens (tertiary/aromatic N) is 1. The molecule has 3 rings (SSSR count). The maximum Gasteiger partial charge on any atom is 0.339 e. The van der Waals surface area contributed by atoms with Crippen LogP contribution in [0.2, 0.25) is 10.0 Å². The molecule has 0 spiro atoms. The van der Waals surface area contributed by atoms with Gasteiger partial charge in [0, 0.05) is 21.1 Å². The Labute approximate surface area is 180 Å². The van der Waals surface area contributed by atoms with Crippen molar-refractivity contribution in [3.8, 4) is 0 Å². The van der Waals surface area contributed by atoms with Crippen LogP contribution in [0.5, 0.6) is 0 Å². The quantitative estimate of drug-likeness (QED) is 0.376. The molecule has 5 nitrogen and oxygen atoms in total. The molecule has 9 heteroatoms. The van der Waals surface area contributed by atoms with Crippen LogP contribution in [0.4, 0.5) is 5.69 Å². The molecule has 1 aromatic heterocycles. The van der Waals surface area contributed by atoms with E-state index >= 15 is 0 Å². The summed E-state index contributed by atoms with van der Waals surface area (Å²) in [6.07, 6.45) is 0. The van der Waals surface area contributed by atoms with Crippen molar-refractivity contribution in [3.63, 3.8) is 0 Å². The third-order valence-electron chi connectivity index (χ3n) is 3.50. The van der Waals surface area contributed by atoms with E-state index in [2.05, 4.69) is 10.3 Å². The van der Waals surface area contributed by atoms with E-state index in [-0.39, 0.29) is 0 Å². The molecular weight excluding hydrogens is 439 g/mol. The molecular formula is C19H14Cl2N2O3S2. The van der Waals surface area contributed by atoms with Gasteiger partial charge in [0.1, 0.15) is 0 Å². The Morgan fingerprint density at radius 1 is 1.18 bits per heavy atom. The number of carbonyl (C=O) groups is 2. The van der Waals surface area contributed by atoms with E-state index in [9.17, 15) is 9.59 Å². The van der Waals surface area contributed by atoms with E-state index in [4.69, 9.17) is 27.9 Å². The number of benzene rings is 2. The van der Waals surface area contributed by atoms with Crippen LogP contribution < -0.4 is 5.32 Å². The van der Waals surface area contributed by atoms with Gasteiger partial charge in [-0.1, -0.05) is 35.3 Å². The molecule has 0 aliphatic carbocycles. The predicted octanol–water partition coefficient (Wildman–Crippen LogP) is 5.54. The maximum absolute atomic E-state index is 12.4. The van der Waals surface area contributed by atoms with Crippen LogP contribution in [0, 0.1) is 0 Å². The fraction of sp³-hybridized carbons (Fsp3) is 0.105. The molecule has 0 fully saturated rings. The van der Waals surface area contributed by atoms with Gasteiger partial charge in [-0.15, -0.1) is 23.1 Å². The molecule has 1 heterocycles. The van der Waals surface area contributed by atoms with Crippen molar-refractivity contribution in [1.82, 2.24) is 4.98 Å². The van der Waals surface area contributed by atoms with Gasteiger partial charge in [-0.05, 0) is 30.3 Å². The van der Waals surface area contributed by atoms with Gasteiger partial charge in [-0.2, -0.15) is 0 Å². The number of hydrogen-bond acceptors (Lipinski definition) is 6. The fourth-order valence-electron chi connectivity index (χ4n) is 2.21. The normalized spacial score (nSPS) is 10.5. The van der Waals surface area contributed by atoms with Crippen molar-refractivity contribution >= 4 is 63.9 Å². The lowest BCUT2D eigenvalue weighted by molar-refractivity contribution is -0.119. The van der Waals surface area contributed by atoms with Crippen molar-refractivity contribution in [2.45, 2.75) is 10.6 Å². The van der Waals surface area contributed by atoms with Gasteiger partial charge in [0.05, 0.1) is 27.5 Å². The maximum atomic E-state index is 12.4. The number of rotatable bonds is 7. The van der Waals surface area contributed by atoms with Crippen molar-refractivity contribution in [1.29, 1.82) is 0 Å². The van der Waals surface area contributed by atoms with Crippen LogP contribution in [-0.4, -0.2) is 23.5 Å². The number of thioether (sulfide) groups is 1. The Balaban J connectivity index is 1.58. The summed E-state index contributed by atoms with van der Waals surface area (Å²) in [5.74, 6) is -0.444. The smallest absolute Gasteiger partial charge is 0.339 e. The Hall–Kier alpha value is -2.06. The Kier molecular flexibility index (Phi) is 7.33. The van der Waals surface area contributed by atoms with Gasteiger partial charge in [-0.3, -0.25) is 4.79 Å². The number of halogens is 2. The highest BCUT2D eigenvalue weighted by atomic mass is 35.5. The number of thiazole rings is 1. The van der Waals surface area contributed by atoms with Crippen molar-refractivity contribution < 1.29 is 14.3 Å². The van der Waals surface area contributed by atoms with Gasteiger partial charge in [0.25, 0.3) is 5.91 Å². The number of esters is 1. The summed E-state index contributed by atoms with van der Waals surface area (Å²) in [6, 6.07) is 11.8. The second kappa shape index (κ2) is 9.93. The van der Waals surface area contributed by atoms with E-state index in [0.717, 1.165) is 10.6 Å². The molecule has 3 aromatic rings. The van der Waals surface area contributed by atoms with Crippen LogP contribution in [0.15, 0.2) is 58.3 Å². The predicted molar refractivity (Wildman–Crippen MR) is 113 cm³/mol. The summed E-state index contributed by atoms with van der Waals surface area (Å²) in [6.45, 7) is -0.438. The molecule has 1 amide bonds. The zero-order chi connectivity index (χ0) is 19.9. The van der Waals surface area contributed by atoms with E-state index in [1.807, 2.05) is 17.5 Å². The third-order valence-corrected chi connectivity index (χ3v) is 5.81. The zero-order valence-corrected chi connectivity index (χ0v) is 17.5. The largest absolute Gasteiger partial charge is 0.452 e. The minimum Gasteiger partial charge on any atom is -0.452 e. The van der Waals surface area contributed by atoms with Crippen LogP contribution in [0.3, 0.4) is 0 Å². The van der Waals surface area contributed by atoms with Gasteiger partial charge in [-0.25, -0.2) is 9.78 Å². The molecule has 0 aliphatic rings. The molecule has 0 unspecified atom stereocenters. The van der Waals surface area contributed by atoms with Crippen molar-refractivity contribution in [3.05, 3.63) is 74.7 Å². The molecule has 1 N–H and O–H groups in total. The van der Waals surface area contributed by atoms with Crippen LogP contribution in [-0.2, 0) is 15.3 Å². The topological polar surface area (TPSA) is 68.3 Å². The second-order valence-electron chi connectivity index (χ2n) is 5.51. The highest BCUT2D eigenvalue weighted by Crippen LogP contribution is 2.27. The fourth-order valence-corrected chi connectivity index (χ4v) is 4.15. The van der Waals surface area contributed by atoms with Gasteiger partial charge < -0.3 is 10.1 Å².